The smallest absolute Gasteiger partial charge is 0.323 e. The van der Waals surface area contributed by atoms with Gasteiger partial charge in [0.2, 0.25) is 0 Å². The van der Waals surface area contributed by atoms with E-state index in [1.807, 2.05) is 0 Å². The molecule has 0 aliphatic carbocycles. The summed E-state index contributed by atoms with van der Waals surface area (Å²) < 4.78 is 27.3. The molecule has 0 fully saturated rings. The minimum atomic E-state index is -3.00. The highest BCUT2D eigenvalue weighted by molar-refractivity contribution is 8.00. The largest absolute Gasteiger partial charge is 0.468 e. The van der Waals surface area contributed by atoms with E-state index in [-0.39, 0.29) is 11.0 Å². The molecule has 5 nitrogen and oxygen atoms in total. The van der Waals surface area contributed by atoms with Crippen LogP contribution in [-0.4, -0.2) is 50.0 Å². The molecule has 0 aromatic heterocycles. The van der Waals surface area contributed by atoms with E-state index in [9.17, 15) is 13.2 Å². The van der Waals surface area contributed by atoms with Gasteiger partial charge in [0.05, 0.1) is 18.1 Å². The third-order valence-corrected chi connectivity index (χ3v) is 5.59. The Bertz CT molecular complexity index is 313. The topological polar surface area (TPSA) is 86.5 Å². The number of hydrogen-bond acceptors (Lipinski definition) is 6. The zero-order chi connectivity index (χ0) is 12.8. The van der Waals surface area contributed by atoms with E-state index < -0.39 is 21.8 Å². The second-order valence-electron chi connectivity index (χ2n) is 3.62. The van der Waals surface area contributed by atoms with Crippen molar-refractivity contribution < 1.29 is 17.9 Å². The number of carbonyl (C=O) groups excluding carboxylic acids is 1. The monoisotopic (exact) mass is 269 g/mol. The lowest BCUT2D eigenvalue weighted by atomic mass is 10.4. The molecule has 0 aromatic rings. The van der Waals surface area contributed by atoms with E-state index in [0.29, 0.717) is 11.5 Å². The molecule has 2 N–H and O–H groups in total. The van der Waals surface area contributed by atoms with Crippen LogP contribution < -0.4 is 5.73 Å². The summed E-state index contributed by atoms with van der Waals surface area (Å²) >= 11 is 1.34. The van der Waals surface area contributed by atoms with E-state index in [0.717, 1.165) is 0 Å². The maximum Gasteiger partial charge on any atom is 0.323 e. The van der Waals surface area contributed by atoms with Gasteiger partial charge in [-0.2, -0.15) is 11.8 Å². The van der Waals surface area contributed by atoms with Crippen LogP contribution in [0.1, 0.15) is 13.8 Å². The van der Waals surface area contributed by atoms with Crippen molar-refractivity contribution in [3.8, 4) is 0 Å². The summed E-state index contributed by atoms with van der Waals surface area (Å²) in [6.45, 7) is 3.31. The predicted octanol–water partition coefficient (Wildman–Crippen LogP) is 0.0431. The highest BCUT2D eigenvalue weighted by Crippen LogP contribution is 2.07. The van der Waals surface area contributed by atoms with Crippen molar-refractivity contribution in [3.63, 3.8) is 0 Å². The molecule has 7 heteroatoms. The lowest BCUT2D eigenvalue weighted by Gasteiger charge is -2.10. The normalized spacial score (nSPS) is 13.8. The second kappa shape index (κ2) is 7.13. The Hall–Kier alpha value is -0.270. The van der Waals surface area contributed by atoms with Gasteiger partial charge in [0.25, 0.3) is 0 Å². The van der Waals surface area contributed by atoms with Crippen LogP contribution in [0.15, 0.2) is 0 Å². The van der Waals surface area contributed by atoms with Gasteiger partial charge in [0.1, 0.15) is 6.04 Å². The third kappa shape index (κ3) is 5.72. The van der Waals surface area contributed by atoms with E-state index in [1.54, 1.807) is 13.8 Å². The number of hydrogen-bond donors (Lipinski definition) is 1. The Labute approximate surface area is 101 Å². The van der Waals surface area contributed by atoms with Crippen LogP contribution in [0, 0.1) is 0 Å². The molecule has 0 aliphatic heterocycles. The Balaban J connectivity index is 3.81. The van der Waals surface area contributed by atoms with Gasteiger partial charge in [-0.05, 0) is 13.8 Å². The molecule has 0 amide bonds. The fraction of sp³-hybridized carbons (Fsp3) is 0.889. The first-order valence-corrected chi connectivity index (χ1v) is 7.81. The van der Waals surface area contributed by atoms with Crippen LogP contribution in [0.5, 0.6) is 0 Å². The Morgan fingerprint density at radius 2 is 2.00 bits per heavy atom. The number of methoxy groups -OCH3 is 1. The summed E-state index contributed by atoms with van der Waals surface area (Å²) in [6, 6.07) is -0.684. The molecular formula is C9H19NO4S2. The molecule has 16 heavy (non-hydrogen) atoms. The molecule has 96 valence electrons. The molecule has 0 rings (SSSR count). The van der Waals surface area contributed by atoms with Gasteiger partial charge in [0.15, 0.2) is 9.84 Å². The van der Waals surface area contributed by atoms with Crippen molar-refractivity contribution in [2.75, 3.05) is 24.4 Å². The zero-order valence-electron chi connectivity index (χ0n) is 9.80. The molecule has 0 radical (unpaired) electrons. The number of ether oxygens (including phenoxy) is 1. The number of thioether (sulfide) groups is 1. The SMILES string of the molecule is COC(=O)C(N)CSCCS(=O)(=O)C(C)C. The van der Waals surface area contributed by atoms with E-state index >= 15 is 0 Å². The minimum Gasteiger partial charge on any atom is -0.468 e. The highest BCUT2D eigenvalue weighted by Gasteiger charge is 2.17. The molecule has 0 heterocycles. The average molecular weight is 269 g/mol. The van der Waals surface area contributed by atoms with Crippen LogP contribution in [-0.2, 0) is 19.4 Å². The molecule has 0 bridgehead atoms. The van der Waals surface area contributed by atoms with Gasteiger partial charge in [-0.25, -0.2) is 8.42 Å². The van der Waals surface area contributed by atoms with Crippen molar-refractivity contribution in [1.29, 1.82) is 0 Å². The van der Waals surface area contributed by atoms with Gasteiger partial charge in [0, 0.05) is 11.5 Å². The summed E-state index contributed by atoms with van der Waals surface area (Å²) in [4.78, 5) is 10.9. The minimum absolute atomic E-state index is 0.114. The fourth-order valence-electron chi connectivity index (χ4n) is 0.840. The molecule has 0 aromatic carbocycles. The van der Waals surface area contributed by atoms with Gasteiger partial charge >= 0.3 is 5.97 Å². The first-order chi connectivity index (χ1) is 7.31. The second-order valence-corrected chi connectivity index (χ2v) is 7.45. The standard InChI is InChI=1S/C9H19NO4S2/c1-7(2)16(12,13)5-4-15-6-8(10)9(11)14-3/h7-8H,4-6,10H2,1-3H3. The highest BCUT2D eigenvalue weighted by atomic mass is 32.2. The van der Waals surface area contributed by atoms with E-state index in [1.165, 1.54) is 18.9 Å². The fourth-order valence-corrected chi connectivity index (χ4v) is 3.27. The summed E-state index contributed by atoms with van der Waals surface area (Å²) in [5.41, 5.74) is 5.49. The first kappa shape index (κ1) is 15.7. The molecule has 0 saturated carbocycles. The van der Waals surface area contributed by atoms with Gasteiger partial charge in [-0.1, -0.05) is 0 Å². The zero-order valence-corrected chi connectivity index (χ0v) is 11.4. The number of carbonyl (C=O) groups is 1. The van der Waals surface area contributed by atoms with E-state index in [2.05, 4.69) is 4.74 Å². The lowest BCUT2D eigenvalue weighted by molar-refractivity contribution is -0.141. The maximum atomic E-state index is 11.4. The summed E-state index contributed by atoms with van der Waals surface area (Å²) in [5, 5.41) is -0.359. The van der Waals surface area contributed by atoms with Crippen LogP contribution in [0.4, 0.5) is 0 Å². The number of sulfone groups is 1. The molecule has 1 atom stereocenters. The van der Waals surface area contributed by atoms with Gasteiger partial charge in [-0.15, -0.1) is 0 Å². The van der Waals surface area contributed by atoms with Crippen molar-refractivity contribution >= 4 is 27.6 Å². The Kier molecular flexibility index (Phi) is 7.01. The number of nitrogens with two attached hydrogens (primary N) is 1. The van der Waals surface area contributed by atoms with Crippen molar-refractivity contribution in [3.05, 3.63) is 0 Å². The van der Waals surface area contributed by atoms with Crippen LogP contribution in [0.25, 0.3) is 0 Å². The summed E-state index contributed by atoms with van der Waals surface area (Å²) in [6.07, 6.45) is 0. The van der Waals surface area contributed by atoms with Crippen LogP contribution in [0.2, 0.25) is 0 Å². The quantitative estimate of drug-likeness (QED) is 0.519. The first-order valence-electron chi connectivity index (χ1n) is 4.94. The van der Waals surface area contributed by atoms with Gasteiger partial charge in [-0.3, -0.25) is 4.79 Å². The maximum absolute atomic E-state index is 11.4. The lowest BCUT2D eigenvalue weighted by Crippen LogP contribution is -2.34. The van der Waals surface area contributed by atoms with Crippen LogP contribution in [0.3, 0.4) is 0 Å². The molecular weight excluding hydrogens is 250 g/mol. The number of esters is 1. The average Bonchev–Trinajstić information content (AvgIpc) is 2.22. The number of rotatable bonds is 7. The van der Waals surface area contributed by atoms with Gasteiger partial charge < -0.3 is 10.5 Å². The molecule has 0 aliphatic rings. The Morgan fingerprint density at radius 3 is 2.44 bits per heavy atom. The third-order valence-electron chi connectivity index (χ3n) is 2.03. The molecule has 0 spiro atoms. The summed E-state index contributed by atoms with van der Waals surface area (Å²) in [7, 11) is -1.73. The van der Waals surface area contributed by atoms with E-state index in [4.69, 9.17) is 5.73 Å². The van der Waals surface area contributed by atoms with Crippen molar-refractivity contribution in [1.82, 2.24) is 0 Å². The molecule has 0 saturated heterocycles. The Morgan fingerprint density at radius 1 is 1.44 bits per heavy atom. The molecule has 1 unspecified atom stereocenters. The van der Waals surface area contributed by atoms with Crippen LogP contribution >= 0.6 is 11.8 Å². The summed E-state index contributed by atoms with van der Waals surface area (Å²) in [5.74, 6) is 0.466. The van der Waals surface area contributed by atoms with Crippen molar-refractivity contribution in [2.24, 2.45) is 5.73 Å². The van der Waals surface area contributed by atoms with Crippen molar-refractivity contribution in [2.45, 2.75) is 25.1 Å². The predicted molar refractivity (Wildman–Crippen MR) is 66.2 cm³/mol.